The van der Waals surface area contributed by atoms with Crippen molar-refractivity contribution in [3.63, 3.8) is 0 Å². The van der Waals surface area contributed by atoms with Gasteiger partial charge in [-0.1, -0.05) is 31.9 Å². The molecule has 9 heavy (non-hydrogen) atoms. The van der Waals surface area contributed by atoms with E-state index in [4.69, 9.17) is 11.6 Å². The molecule has 0 aliphatic rings. The third-order valence-corrected chi connectivity index (χ3v) is 1.60. The van der Waals surface area contributed by atoms with Crippen LogP contribution in [-0.4, -0.2) is 5.38 Å². The van der Waals surface area contributed by atoms with Crippen LogP contribution in [0.2, 0.25) is 0 Å². The zero-order valence-corrected chi connectivity index (χ0v) is 6.99. The minimum Gasteiger partial charge on any atom is -0.118 e. The number of allylic oxidation sites excluding steroid dienone is 2. The minimum atomic E-state index is 0.259. The van der Waals surface area contributed by atoms with Gasteiger partial charge in [-0.2, -0.15) is 0 Å². The molecule has 0 aliphatic heterocycles. The second-order valence-corrected chi connectivity index (χ2v) is 2.74. The van der Waals surface area contributed by atoms with Crippen LogP contribution in [0.5, 0.6) is 0 Å². The van der Waals surface area contributed by atoms with E-state index in [1.54, 1.807) is 0 Å². The Morgan fingerprint density at radius 3 is 2.67 bits per heavy atom. The van der Waals surface area contributed by atoms with E-state index in [0.29, 0.717) is 0 Å². The summed E-state index contributed by atoms with van der Waals surface area (Å²) in [5, 5.41) is 0.259. The molecule has 0 N–H and O–H groups in total. The summed E-state index contributed by atoms with van der Waals surface area (Å²) in [5.41, 5.74) is 0. The summed E-state index contributed by atoms with van der Waals surface area (Å²) in [6, 6.07) is 0. The fourth-order valence-corrected chi connectivity index (χ4v) is 1.00. The largest absolute Gasteiger partial charge is 0.118 e. The molecule has 0 radical (unpaired) electrons. The Morgan fingerprint density at radius 2 is 2.22 bits per heavy atom. The van der Waals surface area contributed by atoms with Crippen LogP contribution in [0.25, 0.3) is 0 Å². The van der Waals surface area contributed by atoms with Gasteiger partial charge < -0.3 is 0 Å². The minimum absolute atomic E-state index is 0.259. The van der Waals surface area contributed by atoms with Crippen molar-refractivity contribution in [1.82, 2.24) is 0 Å². The van der Waals surface area contributed by atoms with Crippen molar-refractivity contribution in [1.29, 1.82) is 0 Å². The number of unbranched alkanes of at least 4 members (excludes halogenated alkanes) is 1. The first-order valence-electron chi connectivity index (χ1n) is 3.58. The van der Waals surface area contributed by atoms with Gasteiger partial charge in [0, 0.05) is 0 Å². The maximum absolute atomic E-state index is 5.87. The van der Waals surface area contributed by atoms with E-state index in [-0.39, 0.29) is 5.38 Å². The first-order valence-corrected chi connectivity index (χ1v) is 4.01. The highest BCUT2D eigenvalue weighted by Crippen LogP contribution is 2.07. The fourth-order valence-electron chi connectivity index (χ4n) is 0.704. The summed E-state index contributed by atoms with van der Waals surface area (Å²) in [6.07, 6.45) is 7.63. The van der Waals surface area contributed by atoms with E-state index in [9.17, 15) is 0 Å². The highest BCUT2D eigenvalue weighted by molar-refractivity contribution is 6.21. The van der Waals surface area contributed by atoms with Crippen LogP contribution < -0.4 is 0 Å². The first-order chi connectivity index (χ1) is 4.31. The lowest BCUT2D eigenvalue weighted by atomic mass is 10.2. The maximum Gasteiger partial charge on any atom is 0.0515 e. The van der Waals surface area contributed by atoms with E-state index in [0.717, 1.165) is 6.42 Å². The Kier molecular flexibility index (Phi) is 6.18. The summed E-state index contributed by atoms with van der Waals surface area (Å²) >= 11 is 5.87. The number of hydrogen-bond acceptors (Lipinski definition) is 0. The molecule has 0 amide bonds. The molecule has 0 aromatic heterocycles. The Balaban J connectivity index is 3.15. The summed E-state index contributed by atoms with van der Waals surface area (Å²) < 4.78 is 0. The first kappa shape index (κ1) is 9.03. The van der Waals surface area contributed by atoms with E-state index >= 15 is 0 Å². The SMILES string of the molecule is C/C=C/C(Cl)CCCC. The van der Waals surface area contributed by atoms with Crippen LogP contribution >= 0.6 is 11.6 Å². The third-order valence-electron chi connectivity index (χ3n) is 1.23. The normalized spacial score (nSPS) is 14.6. The van der Waals surface area contributed by atoms with Crippen molar-refractivity contribution in [2.24, 2.45) is 0 Å². The second kappa shape index (κ2) is 6.15. The van der Waals surface area contributed by atoms with Crippen LogP contribution in [0, 0.1) is 0 Å². The zero-order valence-electron chi connectivity index (χ0n) is 6.23. The Morgan fingerprint density at radius 1 is 1.56 bits per heavy atom. The predicted octanol–water partition coefficient (Wildman–Crippen LogP) is 3.36. The molecule has 54 valence electrons. The Labute approximate surface area is 62.9 Å². The Bertz CT molecular complexity index is 76.6. The quantitative estimate of drug-likeness (QED) is 0.422. The summed E-state index contributed by atoms with van der Waals surface area (Å²) in [7, 11) is 0. The molecule has 1 unspecified atom stereocenters. The third kappa shape index (κ3) is 5.91. The number of alkyl halides is 1. The monoisotopic (exact) mass is 146 g/mol. The summed E-state index contributed by atoms with van der Waals surface area (Å²) in [6.45, 7) is 4.18. The van der Waals surface area contributed by atoms with Gasteiger partial charge in [0.2, 0.25) is 0 Å². The van der Waals surface area contributed by atoms with Gasteiger partial charge in [0.25, 0.3) is 0 Å². The fraction of sp³-hybridized carbons (Fsp3) is 0.750. The van der Waals surface area contributed by atoms with Gasteiger partial charge in [0.1, 0.15) is 0 Å². The molecular weight excluding hydrogens is 132 g/mol. The van der Waals surface area contributed by atoms with E-state index in [1.165, 1.54) is 12.8 Å². The lowest BCUT2D eigenvalue weighted by molar-refractivity contribution is 0.733. The highest BCUT2D eigenvalue weighted by atomic mass is 35.5. The lowest BCUT2D eigenvalue weighted by Gasteiger charge is -1.99. The molecule has 0 fully saturated rings. The van der Waals surface area contributed by atoms with Crippen LogP contribution in [0.15, 0.2) is 12.2 Å². The van der Waals surface area contributed by atoms with Gasteiger partial charge in [-0.3, -0.25) is 0 Å². The van der Waals surface area contributed by atoms with Crippen LogP contribution in [0.3, 0.4) is 0 Å². The van der Waals surface area contributed by atoms with E-state index < -0.39 is 0 Å². The maximum atomic E-state index is 5.87. The molecule has 0 rings (SSSR count). The van der Waals surface area contributed by atoms with Crippen molar-refractivity contribution in [3.8, 4) is 0 Å². The molecular formula is C8H15Cl. The molecule has 0 nitrogen and oxygen atoms in total. The molecule has 0 bridgehead atoms. The van der Waals surface area contributed by atoms with Crippen molar-refractivity contribution >= 4 is 11.6 Å². The van der Waals surface area contributed by atoms with Crippen molar-refractivity contribution < 1.29 is 0 Å². The topological polar surface area (TPSA) is 0 Å². The van der Waals surface area contributed by atoms with Gasteiger partial charge in [0.15, 0.2) is 0 Å². The zero-order chi connectivity index (χ0) is 7.11. The number of rotatable bonds is 4. The van der Waals surface area contributed by atoms with Crippen LogP contribution in [0.4, 0.5) is 0 Å². The highest BCUT2D eigenvalue weighted by Gasteiger charge is 1.95. The average Bonchev–Trinajstić information content (AvgIpc) is 1.85. The van der Waals surface area contributed by atoms with Crippen LogP contribution in [0.1, 0.15) is 33.1 Å². The van der Waals surface area contributed by atoms with Gasteiger partial charge in [-0.15, -0.1) is 11.6 Å². The van der Waals surface area contributed by atoms with Gasteiger partial charge in [-0.25, -0.2) is 0 Å². The van der Waals surface area contributed by atoms with Gasteiger partial charge >= 0.3 is 0 Å². The predicted molar refractivity (Wildman–Crippen MR) is 44.0 cm³/mol. The number of hydrogen-bond donors (Lipinski definition) is 0. The summed E-state index contributed by atoms with van der Waals surface area (Å²) in [4.78, 5) is 0. The van der Waals surface area contributed by atoms with Crippen molar-refractivity contribution in [3.05, 3.63) is 12.2 Å². The molecule has 0 spiro atoms. The molecule has 0 saturated carbocycles. The number of halogens is 1. The smallest absolute Gasteiger partial charge is 0.0515 e. The standard InChI is InChI=1S/C8H15Cl/c1-3-5-7-8(9)6-4-2/h4,6,8H,3,5,7H2,1-2H3/b6-4+. The van der Waals surface area contributed by atoms with Crippen LogP contribution in [-0.2, 0) is 0 Å². The van der Waals surface area contributed by atoms with Crippen molar-refractivity contribution in [2.75, 3.05) is 0 Å². The molecule has 1 heteroatoms. The van der Waals surface area contributed by atoms with Gasteiger partial charge in [0.05, 0.1) is 5.38 Å². The molecule has 0 heterocycles. The Hall–Kier alpha value is 0.0300. The molecule has 0 aromatic carbocycles. The lowest BCUT2D eigenvalue weighted by Crippen LogP contribution is -1.91. The van der Waals surface area contributed by atoms with E-state index in [1.807, 2.05) is 19.1 Å². The summed E-state index contributed by atoms with van der Waals surface area (Å²) in [5.74, 6) is 0. The van der Waals surface area contributed by atoms with E-state index in [2.05, 4.69) is 6.92 Å². The molecule has 0 saturated heterocycles. The second-order valence-electron chi connectivity index (χ2n) is 2.18. The van der Waals surface area contributed by atoms with Crippen molar-refractivity contribution in [2.45, 2.75) is 38.5 Å². The molecule has 0 aromatic rings. The molecule has 0 aliphatic carbocycles. The average molecular weight is 147 g/mol. The van der Waals surface area contributed by atoms with Gasteiger partial charge in [-0.05, 0) is 13.3 Å². The molecule has 1 atom stereocenters.